The summed E-state index contributed by atoms with van der Waals surface area (Å²) in [4.78, 5) is 57.7. The molecule has 10 saturated carbocycles. The molecule has 1 heterocycles. The number of rotatable bonds is 13. The van der Waals surface area contributed by atoms with Crippen LogP contribution in [0.25, 0.3) is 0 Å². The van der Waals surface area contributed by atoms with Gasteiger partial charge in [0.15, 0.2) is 5.41 Å². The third kappa shape index (κ3) is 6.05. The highest BCUT2D eigenvalue weighted by molar-refractivity contribution is 5.85. The van der Waals surface area contributed by atoms with Gasteiger partial charge in [-0.25, -0.2) is 0 Å². The first kappa shape index (κ1) is 42.6. The number of hydrogen-bond donors (Lipinski definition) is 1. The van der Waals surface area contributed by atoms with Crippen molar-refractivity contribution in [3.05, 3.63) is 0 Å². The second kappa shape index (κ2) is 13.2. The summed E-state index contributed by atoms with van der Waals surface area (Å²) in [6.07, 6.45) is 11.1. The Hall–Kier alpha value is -2.67. The minimum absolute atomic E-state index is 0.128. The molecule has 1 saturated heterocycles. The lowest BCUT2D eigenvalue weighted by molar-refractivity contribution is -0.234. The Bertz CT molecular complexity index is 1850. The van der Waals surface area contributed by atoms with Crippen molar-refractivity contribution in [1.82, 2.24) is 0 Å². The molecule has 11 aliphatic rings. The van der Waals surface area contributed by atoms with Crippen molar-refractivity contribution in [2.75, 3.05) is 0 Å². The first-order chi connectivity index (χ1) is 27.8. The van der Waals surface area contributed by atoms with Crippen LogP contribution < -0.4 is 0 Å². The number of esters is 4. The Morgan fingerprint density at radius 3 is 1.87 bits per heavy atom. The van der Waals surface area contributed by atoms with Crippen LogP contribution in [0.3, 0.4) is 0 Å². The fraction of sp³-hybridized carbons (Fsp3) is 0.900. The molecule has 0 spiro atoms. The van der Waals surface area contributed by atoms with Crippen LogP contribution in [0.2, 0.25) is 0 Å². The lowest BCUT2D eigenvalue weighted by Crippen LogP contribution is -2.62. The Morgan fingerprint density at radius 1 is 0.750 bits per heavy atom. The number of aliphatic hydroxyl groups is 1. The molecule has 0 aromatic carbocycles. The monoisotopic (exact) mass is 832 g/mol. The molecule has 11 rings (SSSR count). The van der Waals surface area contributed by atoms with E-state index in [1.807, 2.05) is 48.5 Å². The topological polar surface area (TPSA) is 149 Å². The zero-order valence-corrected chi connectivity index (χ0v) is 38.2. The maximum Gasteiger partial charge on any atom is 0.327 e. The van der Waals surface area contributed by atoms with E-state index in [1.54, 1.807) is 0 Å². The standard InChI is InChI=1S/C50H73NO9/c1-11-45(8,39(53)57-36-32-18-35-37(36)58-41(55)50(35,23-32)27-51)44(6,7)25-46(9,40(54)60-49-21-30-13-31(22-49)20-48(56,19-30)26-49)43(4,5)24-42(2,3)38(52)59-47(10)33-14-28-12-29(16-33)17-34(47)15-28/h28-37,56H,11-26H2,1-10H3. The van der Waals surface area contributed by atoms with Gasteiger partial charge < -0.3 is 24.1 Å². The molecule has 60 heavy (non-hydrogen) atoms. The lowest BCUT2D eigenvalue weighted by atomic mass is 9.50. The first-order valence-electron chi connectivity index (χ1n) is 23.8. The quantitative estimate of drug-likeness (QED) is 0.141. The van der Waals surface area contributed by atoms with Crippen LogP contribution >= 0.6 is 0 Å². The van der Waals surface area contributed by atoms with E-state index in [2.05, 4.69) is 26.8 Å². The van der Waals surface area contributed by atoms with Crippen LogP contribution in [0.15, 0.2) is 0 Å². The smallest absolute Gasteiger partial charge is 0.327 e. The van der Waals surface area contributed by atoms with E-state index in [0.717, 1.165) is 69.6 Å². The summed E-state index contributed by atoms with van der Waals surface area (Å²) in [5, 5.41) is 21.6. The Balaban J connectivity index is 0.994. The molecular formula is C50H73NO9. The molecule has 1 aliphatic heterocycles. The highest BCUT2D eigenvalue weighted by Gasteiger charge is 2.73. The van der Waals surface area contributed by atoms with Crippen LogP contribution in [0.4, 0.5) is 0 Å². The van der Waals surface area contributed by atoms with Crippen molar-refractivity contribution in [2.24, 2.45) is 79.8 Å². The first-order valence-corrected chi connectivity index (χ1v) is 23.8. The average molecular weight is 832 g/mol. The number of nitriles is 1. The minimum atomic E-state index is -1.19. The maximum absolute atomic E-state index is 15.5. The van der Waals surface area contributed by atoms with Crippen molar-refractivity contribution in [3.63, 3.8) is 0 Å². The maximum atomic E-state index is 15.5. The van der Waals surface area contributed by atoms with Crippen LogP contribution in [0.1, 0.15) is 172 Å². The Kier molecular flexibility index (Phi) is 9.37. The van der Waals surface area contributed by atoms with E-state index in [9.17, 15) is 24.8 Å². The summed E-state index contributed by atoms with van der Waals surface area (Å²) < 4.78 is 25.8. The molecule has 1 N–H and O–H groups in total. The predicted molar refractivity (Wildman–Crippen MR) is 221 cm³/mol. The summed E-state index contributed by atoms with van der Waals surface area (Å²) in [6.45, 7) is 20.2. The summed E-state index contributed by atoms with van der Waals surface area (Å²) in [5.41, 5.74) is -8.04. The van der Waals surface area contributed by atoms with Gasteiger partial charge >= 0.3 is 23.9 Å². The van der Waals surface area contributed by atoms with E-state index in [-0.39, 0.29) is 30.2 Å². The molecule has 10 bridgehead atoms. The van der Waals surface area contributed by atoms with Gasteiger partial charge in [0.2, 0.25) is 0 Å². The molecule has 9 atom stereocenters. The van der Waals surface area contributed by atoms with Crippen LogP contribution in [-0.4, -0.2) is 58.0 Å². The summed E-state index contributed by atoms with van der Waals surface area (Å²) >= 11 is 0. The number of carbonyl (C=O) groups excluding carboxylic acids is 4. The molecule has 10 heteroatoms. The number of ether oxygens (including phenoxy) is 4. The second-order valence-corrected chi connectivity index (χ2v) is 25.3. The Labute approximate surface area is 358 Å². The summed E-state index contributed by atoms with van der Waals surface area (Å²) in [7, 11) is 0. The fourth-order valence-corrected chi connectivity index (χ4v) is 16.7. The predicted octanol–water partition coefficient (Wildman–Crippen LogP) is 9.04. The van der Waals surface area contributed by atoms with Crippen LogP contribution in [-0.2, 0) is 38.1 Å². The number of nitrogens with zero attached hydrogens (tertiary/aromatic N) is 1. The van der Waals surface area contributed by atoms with Gasteiger partial charge in [0.1, 0.15) is 23.4 Å². The van der Waals surface area contributed by atoms with E-state index in [1.165, 1.54) is 6.42 Å². The van der Waals surface area contributed by atoms with E-state index >= 15 is 4.79 Å². The van der Waals surface area contributed by atoms with Gasteiger partial charge in [0.05, 0.1) is 27.9 Å². The molecular weight excluding hydrogens is 759 g/mol. The highest BCUT2D eigenvalue weighted by atomic mass is 16.6. The molecule has 0 amide bonds. The molecule has 332 valence electrons. The van der Waals surface area contributed by atoms with Crippen molar-refractivity contribution in [1.29, 1.82) is 5.26 Å². The summed E-state index contributed by atoms with van der Waals surface area (Å²) in [5.74, 6) is 1.05. The zero-order chi connectivity index (χ0) is 43.4. The molecule has 0 aromatic heterocycles. The number of hydrogen-bond acceptors (Lipinski definition) is 10. The molecule has 10 aliphatic carbocycles. The number of carbonyl (C=O) groups is 4. The lowest BCUT2D eigenvalue weighted by Gasteiger charge is -2.60. The second-order valence-electron chi connectivity index (χ2n) is 25.3. The van der Waals surface area contributed by atoms with Gasteiger partial charge in [-0.2, -0.15) is 5.26 Å². The zero-order valence-electron chi connectivity index (χ0n) is 38.2. The van der Waals surface area contributed by atoms with E-state index in [4.69, 9.17) is 18.9 Å². The SMILES string of the molecule is CCC(C)(C(=O)OC1C2CC3C1OC(=O)C3(C#N)C2)C(C)(C)CC(C)(C(=O)OC12CC3CC(CC(O)(C3)C1)C2)C(C)(C)CC(C)(C)C(=O)OC1(C)C2CC3CC(C2)CC1C3. The van der Waals surface area contributed by atoms with Crippen molar-refractivity contribution >= 4 is 23.9 Å². The van der Waals surface area contributed by atoms with E-state index in [0.29, 0.717) is 55.8 Å². The molecule has 9 unspecified atom stereocenters. The van der Waals surface area contributed by atoms with Crippen LogP contribution in [0.5, 0.6) is 0 Å². The van der Waals surface area contributed by atoms with Crippen molar-refractivity contribution < 1.29 is 43.2 Å². The van der Waals surface area contributed by atoms with Gasteiger partial charge in [-0.05, 0) is 177 Å². The molecule has 10 nitrogen and oxygen atoms in total. The van der Waals surface area contributed by atoms with Crippen LogP contribution in [0, 0.1) is 91.2 Å². The largest absolute Gasteiger partial charge is 0.459 e. The highest BCUT2D eigenvalue weighted by Crippen LogP contribution is 2.65. The molecule has 11 fully saturated rings. The van der Waals surface area contributed by atoms with Crippen molar-refractivity contribution in [2.45, 2.75) is 201 Å². The van der Waals surface area contributed by atoms with Gasteiger partial charge in [-0.1, -0.05) is 34.6 Å². The van der Waals surface area contributed by atoms with Gasteiger partial charge in [-0.15, -0.1) is 0 Å². The molecule has 0 aromatic rings. The van der Waals surface area contributed by atoms with Gasteiger partial charge in [-0.3, -0.25) is 19.2 Å². The minimum Gasteiger partial charge on any atom is -0.459 e. The molecule has 0 radical (unpaired) electrons. The fourth-order valence-electron chi connectivity index (χ4n) is 16.7. The van der Waals surface area contributed by atoms with Gasteiger partial charge in [0, 0.05) is 18.3 Å². The van der Waals surface area contributed by atoms with Crippen molar-refractivity contribution in [3.8, 4) is 6.07 Å². The van der Waals surface area contributed by atoms with E-state index < -0.39 is 73.4 Å². The normalized spacial score (nSPS) is 45.1. The van der Waals surface area contributed by atoms with Gasteiger partial charge in [0.25, 0.3) is 0 Å². The average Bonchev–Trinajstić information content (AvgIpc) is 3.73. The summed E-state index contributed by atoms with van der Waals surface area (Å²) in [6, 6.07) is 2.24. The Morgan fingerprint density at radius 2 is 1.32 bits per heavy atom. The third-order valence-electron chi connectivity index (χ3n) is 20.2. The number of fused-ring (bicyclic) bond motifs is 1. The third-order valence-corrected chi connectivity index (χ3v) is 20.2.